The fraction of sp³-hybridized carbons (Fsp3) is 0.263. The van der Waals surface area contributed by atoms with Crippen LogP contribution < -0.4 is 9.92 Å². The van der Waals surface area contributed by atoms with Crippen LogP contribution in [-0.2, 0) is 41.3 Å². The van der Waals surface area contributed by atoms with E-state index in [0.29, 0.717) is 0 Å². The number of carbonyl (C=O) groups excluding carboxylic acids is 2. The van der Waals surface area contributed by atoms with Gasteiger partial charge < -0.3 is 19.4 Å². The summed E-state index contributed by atoms with van der Waals surface area (Å²) in [7, 11) is -2.52. The van der Waals surface area contributed by atoms with Gasteiger partial charge in [-0.25, -0.2) is 4.79 Å². The van der Waals surface area contributed by atoms with Crippen molar-refractivity contribution < 1.29 is 31.7 Å². The maximum atomic E-state index is 12.7. The lowest BCUT2D eigenvalue weighted by Gasteiger charge is -2.27. The Hall–Kier alpha value is -2.91. The lowest BCUT2D eigenvalue weighted by Crippen LogP contribution is -2.48. The van der Waals surface area contributed by atoms with Gasteiger partial charge in [0.25, 0.3) is 0 Å². The number of carbonyl (C=O) groups is 2. The van der Waals surface area contributed by atoms with Crippen LogP contribution in [0.2, 0.25) is 0 Å². The second-order valence-corrected chi connectivity index (χ2v) is 7.67. The number of methoxy groups -OCH3 is 1. The zero-order valence-corrected chi connectivity index (χ0v) is 16.3. The number of rotatable bonds is 8. The Morgan fingerprint density at radius 3 is 2.18 bits per heavy atom. The minimum atomic E-state index is -3.70. The quantitative estimate of drug-likeness (QED) is 0.516. The maximum Gasteiger partial charge on any atom is 0.331 e. The van der Waals surface area contributed by atoms with Gasteiger partial charge in [0.1, 0.15) is 12.4 Å². The Morgan fingerprint density at radius 1 is 1.04 bits per heavy atom. The summed E-state index contributed by atoms with van der Waals surface area (Å²) in [5.74, 6) is -1.47. The van der Waals surface area contributed by atoms with E-state index >= 15 is 0 Å². The molecule has 0 aromatic heterocycles. The fourth-order valence-electron chi connectivity index (χ4n) is 2.43. The monoisotopic (exact) mass is 407 g/mol. The van der Waals surface area contributed by atoms with Crippen LogP contribution in [0.15, 0.2) is 54.6 Å². The lowest BCUT2D eigenvalue weighted by molar-refractivity contribution is -0.157. The van der Waals surface area contributed by atoms with Crippen molar-refractivity contribution >= 4 is 22.1 Å². The van der Waals surface area contributed by atoms with Gasteiger partial charge in [0, 0.05) is 0 Å². The molecule has 0 spiro atoms. The van der Waals surface area contributed by atoms with Gasteiger partial charge in [0.05, 0.1) is 19.8 Å². The molecule has 0 radical (unpaired) electrons. The summed E-state index contributed by atoms with van der Waals surface area (Å²) in [6.45, 7) is -0.0188. The summed E-state index contributed by atoms with van der Waals surface area (Å²) >= 11 is 0. The first kappa shape index (κ1) is 21.4. The van der Waals surface area contributed by atoms with E-state index in [0.717, 1.165) is 11.8 Å². The van der Waals surface area contributed by atoms with Gasteiger partial charge in [0.15, 0.2) is 5.54 Å². The Bertz CT molecular complexity index is 927. The summed E-state index contributed by atoms with van der Waals surface area (Å²) in [6.07, 6.45) is 0.454. The highest BCUT2D eigenvalue weighted by Crippen LogP contribution is 2.27. The van der Waals surface area contributed by atoms with E-state index in [2.05, 4.69) is 4.74 Å². The summed E-state index contributed by atoms with van der Waals surface area (Å²) in [5.41, 5.74) is 5.44. The van der Waals surface area contributed by atoms with E-state index in [4.69, 9.17) is 14.7 Å². The first-order chi connectivity index (χ1) is 13.1. The zero-order valence-electron chi connectivity index (χ0n) is 15.5. The summed E-state index contributed by atoms with van der Waals surface area (Å²) < 4.78 is 37.1. The summed E-state index contributed by atoms with van der Waals surface area (Å²) in [6, 6.07) is 14.4. The normalized spacial score (nSPS) is 13.2. The molecule has 0 aliphatic carbocycles. The molecule has 0 aliphatic heterocycles. The van der Waals surface area contributed by atoms with Crippen LogP contribution in [0.5, 0.6) is 5.75 Å². The molecule has 0 fully saturated rings. The molecule has 2 aromatic carbocycles. The van der Waals surface area contributed by atoms with Crippen molar-refractivity contribution in [3.63, 3.8) is 0 Å². The topological polar surface area (TPSA) is 122 Å². The highest BCUT2D eigenvalue weighted by molar-refractivity contribution is 7.86. The predicted octanol–water partition coefficient (Wildman–Crippen LogP) is 1.49. The highest BCUT2D eigenvalue weighted by Gasteiger charge is 2.40. The van der Waals surface area contributed by atoms with Crippen molar-refractivity contribution in [3.8, 4) is 5.75 Å². The van der Waals surface area contributed by atoms with E-state index in [1.807, 2.05) is 6.07 Å². The number of esters is 2. The molecule has 2 N–H and O–H groups in total. The van der Waals surface area contributed by atoms with Crippen molar-refractivity contribution in [1.29, 1.82) is 0 Å². The van der Waals surface area contributed by atoms with Crippen LogP contribution in [0, 0.1) is 0 Å². The van der Waals surface area contributed by atoms with Crippen LogP contribution in [0.3, 0.4) is 0 Å². The van der Waals surface area contributed by atoms with E-state index in [9.17, 15) is 18.0 Å². The molecule has 1 atom stereocenters. The summed E-state index contributed by atoms with van der Waals surface area (Å²) in [4.78, 5) is 24.5. The third-order valence-corrected chi connectivity index (χ3v) is 4.34. The molecular formula is C19H21NO7S. The number of hydrogen-bond donors (Lipinski definition) is 1. The SMILES string of the molecule is COC(=O)CC(N)(C(=O)OCc1ccccc1)c1ccc(OS(C)(=O)=O)cc1. The zero-order chi connectivity index (χ0) is 20.8. The van der Waals surface area contributed by atoms with Gasteiger partial charge in [-0.05, 0) is 23.3 Å². The van der Waals surface area contributed by atoms with Crippen LogP contribution in [-0.4, -0.2) is 33.7 Å². The molecule has 28 heavy (non-hydrogen) atoms. The van der Waals surface area contributed by atoms with Gasteiger partial charge in [0.2, 0.25) is 0 Å². The van der Waals surface area contributed by atoms with E-state index in [1.54, 1.807) is 24.3 Å². The molecule has 0 amide bonds. The number of ether oxygens (including phenoxy) is 2. The fourth-order valence-corrected chi connectivity index (χ4v) is 2.89. The third kappa shape index (κ3) is 5.80. The maximum absolute atomic E-state index is 12.7. The molecule has 8 nitrogen and oxygen atoms in total. The molecule has 1 unspecified atom stereocenters. The molecule has 0 aliphatic rings. The lowest BCUT2D eigenvalue weighted by atomic mass is 9.87. The van der Waals surface area contributed by atoms with Crippen LogP contribution >= 0.6 is 0 Å². The number of hydrogen-bond acceptors (Lipinski definition) is 8. The Labute approximate surface area is 163 Å². The molecule has 150 valence electrons. The van der Waals surface area contributed by atoms with Gasteiger partial charge in [-0.1, -0.05) is 42.5 Å². The van der Waals surface area contributed by atoms with Gasteiger partial charge in [-0.2, -0.15) is 8.42 Å². The molecule has 2 aromatic rings. The first-order valence-corrected chi connectivity index (χ1v) is 10.0. The van der Waals surface area contributed by atoms with Gasteiger partial charge in [-0.15, -0.1) is 0 Å². The minimum Gasteiger partial charge on any atom is -0.469 e. The largest absolute Gasteiger partial charge is 0.469 e. The van der Waals surface area contributed by atoms with Crippen LogP contribution in [0.4, 0.5) is 0 Å². The highest BCUT2D eigenvalue weighted by atomic mass is 32.2. The second-order valence-electron chi connectivity index (χ2n) is 6.10. The Kier molecular flexibility index (Phi) is 6.76. The average Bonchev–Trinajstić information content (AvgIpc) is 2.65. The standard InChI is InChI=1S/C19H21NO7S/c1-25-17(21)12-19(20,18(22)26-13-14-6-4-3-5-7-14)15-8-10-16(11-9-15)27-28(2,23)24/h3-11H,12-13,20H2,1-2H3. The van der Waals surface area contributed by atoms with Crippen molar-refractivity contribution in [2.45, 2.75) is 18.6 Å². The molecule has 0 heterocycles. The molecule has 0 saturated heterocycles. The minimum absolute atomic E-state index is 0.0188. The molecule has 0 saturated carbocycles. The predicted molar refractivity (Wildman–Crippen MR) is 101 cm³/mol. The van der Waals surface area contributed by atoms with E-state index in [-0.39, 0.29) is 17.9 Å². The molecule has 2 rings (SSSR count). The molecular weight excluding hydrogens is 386 g/mol. The number of nitrogens with two attached hydrogens (primary N) is 1. The first-order valence-electron chi connectivity index (χ1n) is 8.21. The smallest absolute Gasteiger partial charge is 0.331 e. The van der Waals surface area contributed by atoms with Crippen molar-refractivity contribution in [2.24, 2.45) is 5.73 Å². The number of benzene rings is 2. The van der Waals surface area contributed by atoms with Crippen molar-refractivity contribution in [3.05, 3.63) is 65.7 Å². The third-order valence-electron chi connectivity index (χ3n) is 3.84. The van der Waals surface area contributed by atoms with Crippen molar-refractivity contribution in [1.82, 2.24) is 0 Å². The molecule has 9 heteroatoms. The molecule has 0 bridgehead atoms. The Morgan fingerprint density at radius 2 is 1.64 bits per heavy atom. The van der Waals surface area contributed by atoms with Crippen molar-refractivity contribution in [2.75, 3.05) is 13.4 Å². The average molecular weight is 407 g/mol. The van der Waals surface area contributed by atoms with Crippen LogP contribution in [0.25, 0.3) is 0 Å². The van der Waals surface area contributed by atoms with E-state index in [1.165, 1.54) is 31.4 Å². The van der Waals surface area contributed by atoms with Gasteiger partial charge in [-0.3, -0.25) is 4.79 Å². The second kappa shape index (κ2) is 8.85. The van der Waals surface area contributed by atoms with Gasteiger partial charge >= 0.3 is 22.1 Å². The van der Waals surface area contributed by atoms with Crippen LogP contribution in [0.1, 0.15) is 17.5 Å². The summed E-state index contributed by atoms with van der Waals surface area (Å²) in [5, 5.41) is 0. The Balaban J connectivity index is 2.26. The van der Waals surface area contributed by atoms with E-state index < -0.39 is 34.0 Å².